The summed E-state index contributed by atoms with van der Waals surface area (Å²) in [6, 6.07) is 7.01. The van der Waals surface area contributed by atoms with Gasteiger partial charge in [0.1, 0.15) is 0 Å². The highest BCUT2D eigenvalue weighted by atomic mass is 32.2. The van der Waals surface area contributed by atoms with Crippen LogP contribution in [0.25, 0.3) is 0 Å². The van der Waals surface area contributed by atoms with Gasteiger partial charge in [-0.2, -0.15) is 0 Å². The molecule has 1 aliphatic rings. The highest BCUT2D eigenvalue weighted by molar-refractivity contribution is 7.91. The van der Waals surface area contributed by atoms with Crippen molar-refractivity contribution in [3.8, 4) is 0 Å². The SMILES string of the molecule is Cc1ccc(S(=O)(=O)CCC(=O)N2CCCCC2C)cc1. The van der Waals surface area contributed by atoms with E-state index in [4.69, 9.17) is 0 Å². The molecular formula is C16H23NO3S. The van der Waals surface area contributed by atoms with Crippen LogP contribution >= 0.6 is 0 Å². The topological polar surface area (TPSA) is 54.5 Å². The first-order valence-electron chi connectivity index (χ1n) is 7.49. The lowest BCUT2D eigenvalue weighted by Crippen LogP contribution is -2.42. The predicted molar refractivity (Wildman–Crippen MR) is 82.9 cm³/mol. The smallest absolute Gasteiger partial charge is 0.223 e. The highest BCUT2D eigenvalue weighted by Gasteiger charge is 2.25. The number of piperidine rings is 1. The summed E-state index contributed by atoms with van der Waals surface area (Å²) in [5.74, 6) is -0.157. The fourth-order valence-corrected chi connectivity index (χ4v) is 3.93. The molecule has 1 aromatic carbocycles. The molecule has 1 amide bonds. The Morgan fingerprint density at radius 2 is 1.90 bits per heavy atom. The van der Waals surface area contributed by atoms with Crippen molar-refractivity contribution in [2.24, 2.45) is 0 Å². The molecule has 0 spiro atoms. The van der Waals surface area contributed by atoms with Crippen molar-refractivity contribution in [2.45, 2.75) is 50.5 Å². The van der Waals surface area contributed by atoms with Crippen LogP contribution in [0.5, 0.6) is 0 Å². The number of nitrogens with zero attached hydrogens (tertiary/aromatic N) is 1. The number of rotatable bonds is 4. The zero-order chi connectivity index (χ0) is 15.5. The minimum absolute atomic E-state index is 0.0436. The number of carbonyl (C=O) groups is 1. The average molecular weight is 309 g/mol. The summed E-state index contributed by atoms with van der Waals surface area (Å²) in [6.45, 7) is 4.70. The molecule has 1 unspecified atom stereocenters. The normalized spacial score (nSPS) is 19.5. The maximum atomic E-state index is 12.2. The summed E-state index contributed by atoms with van der Waals surface area (Å²) in [7, 11) is -3.38. The minimum Gasteiger partial charge on any atom is -0.340 e. The second-order valence-electron chi connectivity index (χ2n) is 5.81. The number of aryl methyl sites for hydroxylation is 1. The molecule has 2 rings (SSSR count). The van der Waals surface area contributed by atoms with Crippen LogP contribution in [0.1, 0.15) is 38.2 Å². The number of hydrogen-bond acceptors (Lipinski definition) is 3. The third kappa shape index (κ3) is 4.06. The third-order valence-electron chi connectivity index (χ3n) is 4.09. The summed E-state index contributed by atoms with van der Waals surface area (Å²) in [6.07, 6.45) is 3.24. The van der Waals surface area contributed by atoms with Crippen LogP contribution in [0.15, 0.2) is 29.2 Å². The predicted octanol–water partition coefficient (Wildman–Crippen LogP) is 2.56. The molecule has 1 aliphatic heterocycles. The van der Waals surface area contributed by atoms with Gasteiger partial charge in [0, 0.05) is 19.0 Å². The first kappa shape index (κ1) is 16.0. The summed E-state index contributed by atoms with van der Waals surface area (Å²) >= 11 is 0. The zero-order valence-electron chi connectivity index (χ0n) is 12.7. The van der Waals surface area contributed by atoms with Crippen molar-refractivity contribution in [3.05, 3.63) is 29.8 Å². The number of carbonyl (C=O) groups excluding carboxylic acids is 1. The molecule has 0 saturated carbocycles. The van der Waals surface area contributed by atoms with E-state index in [1.807, 2.05) is 18.7 Å². The number of amides is 1. The molecule has 1 fully saturated rings. The molecule has 1 aromatic rings. The Labute approximate surface area is 127 Å². The standard InChI is InChI=1S/C16H23NO3S/c1-13-6-8-15(9-7-13)21(19,20)12-10-16(18)17-11-4-3-5-14(17)2/h6-9,14H,3-5,10-12H2,1-2H3. The molecule has 4 nitrogen and oxygen atoms in total. The molecule has 0 aliphatic carbocycles. The van der Waals surface area contributed by atoms with Crippen LogP contribution < -0.4 is 0 Å². The van der Waals surface area contributed by atoms with Crippen LogP contribution in [-0.2, 0) is 14.6 Å². The molecule has 21 heavy (non-hydrogen) atoms. The van der Waals surface area contributed by atoms with E-state index in [9.17, 15) is 13.2 Å². The van der Waals surface area contributed by atoms with Crippen molar-refractivity contribution in [1.82, 2.24) is 4.90 Å². The van der Waals surface area contributed by atoms with Crippen molar-refractivity contribution in [1.29, 1.82) is 0 Å². The van der Waals surface area contributed by atoms with Crippen LogP contribution in [0, 0.1) is 6.92 Å². The van der Waals surface area contributed by atoms with Crippen LogP contribution in [0.2, 0.25) is 0 Å². The Bertz CT molecular complexity index is 592. The van der Waals surface area contributed by atoms with E-state index in [2.05, 4.69) is 0 Å². The third-order valence-corrected chi connectivity index (χ3v) is 5.82. The van der Waals surface area contributed by atoms with Crippen LogP contribution in [0.3, 0.4) is 0 Å². The van der Waals surface area contributed by atoms with E-state index >= 15 is 0 Å². The molecule has 116 valence electrons. The first-order chi connectivity index (χ1) is 9.90. The van der Waals surface area contributed by atoms with Crippen molar-refractivity contribution in [2.75, 3.05) is 12.3 Å². The molecule has 1 heterocycles. The zero-order valence-corrected chi connectivity index (χ0v) is 13.5. The average Bonchev–Trinajstić information content (AvgIpc) is 2.46. The second-order valence-corrected chi connectivity index (χ2v) is 7.92. The minimum atomic E-state index is -3.38. The van der Waals surface area contributed by atoms with E-state index in [-0.39, 0.29) is 24.1 Å². The first-order valence-corrected chi connectivity index (χ1v) is 9.14. The Hall–Kier alpha value is -1.36. The Kier molecular flexibility index (Phi) is 5.04. The number of benzene rings is 1. The van der Waals surface area contributed by atoms with Gasteiger partial charge < -0.3 is 4.90 Å². The largest absolute Gasteiger partial charge is 0.340 e. The number of sulfone groups is 1. The molecule has 0 bridgehead atoms. The van der Waals surface area contributed by atoms with Gasteiger partial charge >= 0.3 is 0 Å². The van der Waals surface area contributed by atoms with E-state index < -0.39 is 9.84 Å². The quantitative estimate of drug-likeness (QED) is 0.859. The lowest BCUT2D eigenvalue weighted by molar-refractivity contribution is -0.133. The Morgan fingerprint density at radius 3 is 2.52 bits per heavy atom. The molecule has 5 heteroatoms. The lowest BCUT2D eigenvalue weighted by Gasteiger charge is -2.33. The van der Waals surface area contributed by atoms with Gasteiger partial charge in [-0.1, -0.05) is 17.7 Å². The molecule has 1 atom stereocenters. The van der Waals surface area contributed by atoms with Gasteiger partial charge in [0.05, 0.1) is 10.6 Å². The summed E-state index contributed by atoms with van der Waals surface area (Å²) in [5.41, 5.74) is 1.02. The molecule has 0 aromatic heterocycles. The van der Waals surface area contributed by atoms with Gasteiger partial charge in [-0.25, -0.2) is 8.42 Å². The molecule has 0 N–H and O–H groups in total. The van der Waals surface area contributed by atoms with E-state index in [0.29, 0.717) is 4.90 Å². The molecular weight excluding hydrogens is 286 g/mol. The summed E-state index contributed by atoms with van der Waals surface area (Å²) in [5, 5.41) is 0. The number of hydrogen-bond donors (Lipinski definition) is 0. The Balaban J connectivity index is 1.98. The summed E-state index contributed by atoms with van der Waals surface area (Å²) < 4.78 is 24.5. The van der Waals surface area contributed by atoms with E-state index in [1.54, 1.807) is 24.3 Å². The maximum Gasteiger partial charge on any atom is 0.223 e. The lowest BCUT2D eigenvalue weighted by atomic mass is 10.0. The van der Waals surface area contributed by atoms with Gasteiger partial charge in [-0.3, -0.25) is 4.79 Å². The van der Waals surface area contributed by atoms with Crippen molar-refractivity contribution in [3.63, 3.8) is 0 Å². The van der Waals surface area contributed by atoms with Crippen LogP contribution in [0.4, 0.5) is 0 Å². The van der Waals surface area contributed by atoms with Crippen molar-refractivity contribution < 1.29 is 13.2 Å². The van der Waals surface area contributed by atoms with Gasteiger partial charge in [-0.15, -0.1) is 0 Å². The fraction of sp³-hybridized carbons (Fsp3) is 0.562. The van der Waals surface area contributed by atoms with Gasteiger partial charge in [0.2, 0.25) is 5.91 Å². The molecule has 0 radical (unpaired) electrons. The van der Waals surface area contributed by atoms with Crippen LogP contribution in [-0.4, -0.2) is 37.6 Å². The molecule has 1 saturated heterocycles. The Morgan fingerprint density at radius 1 is 1.24 bits per heavy atom. The van der Waals surface area contributed by atoms with E-state index in [1.165, 1.54) is 0 Å². The van der Waals surface area contributed by atoms with Gasteiger partial charge in [0.15, 0.2) is 9.84 Å². The summed E-state index contributed by atoms with van der Waals surface area (Å²) in [4.78, 5) is 14.3. The van der Waals surface area contributed by atoms with Gasteiger partial charge in [0.25, 0.3) is 0 Å². The van der Waals surface area contributed by atoms with Crippen molar-refractivity contribution >= 4 is 15.7 Å². The fourth-order valence-electron chi connectivity index (χ4n) is 2.70. The second kappa shape index (κ2) is 6.60. The maximum absolute atomic E-state index is 12.2. The highest BCUT2D eigenvalue weighted by Crippen LogP contribution is 2.19. The van der Waals surface area contributed by atoms with E-state index in [0.717, 1.165) is 31.4 Å². The monoisotopic (exact) mass is 309 g/mol. The van der Waals surface area contributed by atoms with Gasteiger partial charge in [-0.05, 0) is 45.2 Å². The number of likely N-dealkylation sites (tertiary alicyclic amines) is 1.